The van der Waals surface area contributed by atoms with Gasteiger partial charge in [-0.15, -0.1) is 16.8 Å². The number of hydrogen-bond donors (Lipinski definition) is 0. The summed E-state index contributed by atoms with van der Waals surface area (Å²) in [6, 6.07) is 15.3. The van der Waals surface area contributed by atoms with E-state index in [9.17, 15) is 4.79 Å². The Labute approximate surface area is 166 Å². The van der Waals surface area contributed by atoms with Gasteiger partial charge in [-0.25, -0.2) is 4.98 Å². The van der Waals surface area contributed by atoms with Gasteiger partial charge in [0, 0.05) is 30.1 Å². The lowest BCUT2D eigenvalue weighted by molar-refractivity contribution is 0.731. The monoisotopic (exact) mass is 389 g/mol. The Morgan fingerprint density at radius 2 is 1.96 bits per heavy atom. The summed E-state index contributed by atoms with van der Waals surface area (Å²) in [6.45, 7) is 6.40. The first kappa shape index (κ1) is 18.2. The highest BCUT2D eigenvalue weighted by molar-refractivity contribution is 7.98. The molecule has 0 unspecified atom stereocenters. The highest BCUT2D eigenvalue weighted by Gasteiger charge is 2.14. The van der Waals surface area contributed by atoms with Crippen LogP contribution in [0.4, 0.5) is 0 Å². The number of hydrogen-bond acceptors (Lipinski definition) is 5. The molecule has 0 aliphatic heterocycles. The zero-order chi connectivity index (χ0) is 19.5. The zero-order valence-electron chi connectivity index (χ0n) is 15.4. The molecule has 0 bridgehead atoms. The van der Waals surface area contributed by atoms with Crippen molar-refractivity contribution in [3.8, 4) is 11.4 Å². The van der Waals surface area contributed by atoms with Crippen LogP contribution in [0.3, 0.4) is 0 Å². The number of allylic oxidation sites excluding steroid dienone is 1. The average molecular weight is 389 g/mol. The van der Waals surface area contributed by atoms with E-state index in [4.69, 9.17) is 0 Å². The van der Waals surface area contributed by atoms with Crippen molar-refractivity contribution in [3.63, 3.8) is 0 Å². The number of fused-ring (bicyclic) bond motifs is 1. The minimum atomic E-state index is -0.0816. The summed E-state index contributed by atoms with van der Waals surface area (Å²) in [5, 5.41) is 9.46. The number of nitrogens with zero attached hydrogens (tertiary/aromatic N) is 5. The van der Waals surface area contributed by atoms with Gasteiger partial charge in [0.2, 0.25) is 0 Å². The van der Waals surface area contributed by atoms with E-state index < -0.39 is 0 Å². The third kappa shape index (κ3) is 3.61. The van der Waals surface area contributed by atoms with Crippen LogP contribution in [0.5, 0.6) is 0 Å². The quantitative estimate of drug-likeness (QED) is 0.371. The van der Waals surface area contributed by atoms with Gasteiger partial charge in [-0.3, -0.25) is 13.8 Å². The van der Waals surface area contributed by atoms with Gasteiger partial charge >= 0.3 is 0 Å². The molecule has 0 saturated heterocycles. The minimum Gasteiger partial charge on any atom is -0.298 e. The number of thioether (sulfide) groups is 1. The molecule has 0 saturated carbocycles. The Hall–Kier alpha value is -3.19. The van der Waals surface area contributed by atoms with E-state index in [1.54, 1.807) is 16.7 Å². The SMILES string of the molecule is C=CCn1c(SCc2cc(=O)n3cc(C)ccc3n2)nnc1-c1ccccc1. The fraction of sp³-hybridized carbons (Fsp3) is 0.143. The molecule has 0 atom stereocenters. The number of rotatable bonds is 6. The van der Waals surface area contributed by atoms with E-state index in [0.717, 1.165) is 22.1 Å². The minimum absolute atomic E-state index is 0.0816. The van der Waals surface area contributed by atoms with Gasteiger partial charge in [0.25, 0.3) is 5.56 Å². The number of benzene rings is 1. The molecular formula is C21H19N5OS. The van der Waals surface area contributed by atoms with Gasteiger partial charge in [-0.2, -0.15) is 0 Å². The number of aryl methyl sites for hydroxylation is 1. The fourth-order valence-corrected chi connectivity index (χ4v) is 3.80. The van der Waals surface area contributed by atoms with Crippen molar-refractivity contribution >= 4 is 17.4 Å². The molecule has 4 aromatic rings. The smallest absolute Gasteiger partial charge is 0.258 e. The van der Waals surface area contributed by atoms with E-state index in [-0.39, 0.29) is 5.56 Å². The molecule has 0 aliphatic rings. The second kappa shape index (κ2) is 7.82. The Balaban J connectivity index is 1.62. The van der Waals surface area contributed by atoms with Gasteiger partial charge in [0.05, 0.1) is 5.69 Å². The second-order valence-corrected chi connectivity index (χ2v) is 7.32. The fourth-order valence-electron chi connectivity index (χ4n) is 2.96. The van der Waals surface area contributed by atoms with Crippen LogP contribution in [0, 0.1) is 6.92 Å². The van der Waals surface area contributed by atoms with Crippen LogP contribution < -0.4 is 5.56 Å². The topological polar surface area (TPSA) is 65.1 Å². The van der Waals surface area contributed by atoms with Crippen molar-refractivity contribution in [3.05, 3.63) is 89.0 Å². The lowest BCUT2D eigenvalue weighted by Gasteiger charge is -2.08. The van der Waals surface area contributed by atoms with Crippen molar-refractivity contribution in [2.75, 3.05) is 0 Å². The molecule has 4 rings (SSSR count). The van der Waals surface area contributed by atoms with Crippen molar-refractivity contribution in [1.29, 1.82) is 0 Å². The summed E-state index contributed by atoms with van der Waals surface area (Å²) in [6.07, 6.45) is 3.62. The van der Waals surface area contributed by atoms with Crippen LogP contribution in [0.2, 0.25) is 0 Å². The summed E-state index contributed by atoms with van der Waals surface area (Å²) < 4.78 is 3.58. The molecular weight excluding hydrogens is 370 g/mol. The maximum Gasteiger partial charge on any atom is 0.258 e. The maximum atomic E-state index is 12.4. The Bertz CT molecular complexity index is 1200. The highest BCUT2D eigenvalue weighted by Crippen LogP contribution is 2.26. The van der Waals surface area contributed by atoms with Gasteiger partial charge in [-0.05, 0) is 18.6 Å². The van der Waals surface area contributed by atoms with Crippen molar-refractivity contribution in [2.45, 2.75) is 24.4 Å². The van der Waals surface area contributed by atoms with E-state index in [1.807, 2.05) is 60.0 Å². The molecule has 6 nitrogen and oxygen atoms in total. The van der Waals surface area contributed by atoms with Crippen LogP contribution >= 0.6 is 11.8 Å². The molecule has 1 aromatic carbocycles. The van der Waals surface area contributed by atoms with Gasteiger partial charge in [0.1, 0.15) is 5.65 Å². The first-order valence-electron chi connectivity index (χ1n) is 8.87. The van der Waals surface area contributed by atoms with Crippen LogP contribution in [0.15, 0.2) is 77.3 Å². The Morgan fingerprint density at radius 3 is 2.75 bits per heavy atom. The molecule has 7 heteroatoms. The van der Waals surface area contributed by atoms with E-state index in [0.29, 0.717) is 23.6 Å². The summed E-state index contributed by atoms with van der Waals surface area (Å²) in [5.41, 5.74) is 3.30. The van der Waals surface area contributed by atoms with Crippen LogP contribution in [-0.2, 0) is 12.3 Å². The predicted octanol–water partition coefficient (Wildman–Crippen LogP) is 3.74. The van der Waals surface area contributed by atoms with Gasteiger partial charge < -0.3 is 0 Å². The molecule has 0 fully saturated rings. The molecule has 0 aliphatic carbocycles. The standard InChI is InChI=1S/C21H19N5OS/c1-3-11-25-20(16-7-5-4-6-8-16)23-24-21(25)28-14-17-12-19(27)26-13-15(2)9-10-18(26)22-17/h3-10,12-13H,1,11,14H2,2H3. The highest BCUT2D eigenvalue weighted by atomic mass is 32.2. The molecule has 28 heavy (non-hydrogen) atoms. The largest absolute Gasteiger partial charge is 0.298 e. The predicted molar refractivity (Wildman–Crippen MR) is 111 cm³/mol. The lowest BCUT2D eigenvalue weighted by atomic mass is 10.2. The summed E-state index contributed by atoms with van der Waals surface area (Å²) >= 11 is 1.51. The summed E-state index contributed by atoms with van der Waals surface area (Å²) in [4.78, 5) is 17.0. The van der Waals surface area contributed by atoms with Crippen molar-refractivity contribution in [2.24, 2.45) is 0 Å². The average Bonchev–Trinajstić information content (AvgIpc) is 3.10. The van der Waals surface area contributed by atoms with E-state index in [2.05, 4.69) is 21.8 Å². The third-order valence-corrected chi connectivity index (χ3v) is 5.27. The van der Waals surface area contributed by atoms with Crippen LogP contribution in [0.25, 0.3) is 17.0 Å². The molecule has 3 aromatic heterocycles. The van der Waals surface area contributed by atoms with Gasteiger partial charge in [-0.1, -0.05) is 54.2 Å². The van der Waals surface area contributed by atoms with Crippen LogP contribution in [0.1, 0.15) is 11.3 Å². The Kier molecular flexibility index (Phi) is 5.08. The first-order chi connectivity index (χ1) is 13.7. The molecule has 0 N–H and O–H groups in total. The maximum absolute atomic E-state index is 12.4. The van der Waals surface area contributed by atoms with Crippen molar-refractivity contribution < 1.29 is 0 Å². The molecule has 3 heterocycles. The van der Waals surface area contributed by atoms with E-state index in [1.165, 1.54) is 11.8 Å². The molecule has 0 radical (unpaired) electrons. The Morgan fingerprint density at radius 1 is 1.14 bits per heavy atom. The first-order valence-corrected chi connectivity index (χ1v) is 9.85. The van der Waals surface area contributed by atoms with Crippen molar-refractivity contribution in [1.82, 2.24) is 24.1 Å². The van der Waals surface area contributed by atoms with Gasteiger partial charge in [0.15, 0.2) is 11.0 Å². The molecule has 0 spiro atoms. The summed E-state index contributed by atoms with van der Waals surface area (Å²) in [7, 11) is 0. The summed E-state index contributed by atoms with van der Waals surface area (Å²) in [5.74, 6) is 1.33. The second-order valence-electron chi connectivity index (χ2n) is 6.38. The lowest BCUT2D eigenvalue weighted by Crippen LogP contribution is -2.15. The molecule has 140 valence electrons. The van der Waals surface area contributed by atoms with Crippen LogP contribution in [-0.4, -0.2) is 24.1 Å². The van der Waals surface area contributed by atoms with E-state index >= 15 is 0 Å². The normalized spacial score (nSPS) is 11.0. The zero-order valence-corrected chi connectivity index (χ0v) is 16.3. The molecule has 0 amide bonds. The number of pyridine rings is 1. The number of aromatic nitrogens is 5. The third-order valence-electron chi connectivity index (χ3n) is 4.27.